The zero-order chi connectivity index (χ0) is 12.6. The quantitative estimate of drug-likeness (QED) is 0.760. The first kappa shape index (κ1) is 11.8. The Morgan fingerprint density at radius 3 is 2.71 bits per heavy atom. The number of hydrogen-bond acceptors (Lipinski definition) is 2. The molecular formula is C11H11F3N2O. The third-order valence-corrected chi connectivity index (χ3v) is 2.68. The van der Waals surface area contributed by atoms with Gasteiger partial charge in [-0.2, -0.15) is 13.2 Å². The van der Waals surface area contributed by atoms with Crippen LogP contribution in [-0.2, 0) is 11.0 Å². The second kappa shape index (κ2) is 3.94. The Labute approximate surface area is 96.2 Å². The monoisotopic (exact) mass is 244 g/mol. The molecule has 0 saturated heterocycles. The summed E-state index contributed by atoms with van der Waals surface area (Å²) in [6, 6.07) is 3.32. The van der Waals surface area contributed by atoms with E-state index in [4.69, 9.17) is 0 Å². The van der Waals surface area contributed by atoms with Crippen molar-refractivity contribution < 1.29 is 18.0 Å². The van der Waals surface area contributed by atoms with E-state index in [1.54, 1.807) is 11.9 Å². The van der Waals surface area contributed by atoms with Crippen LogP contribution in [0.4, 0.5) is 24.5 Å². The van der Waals surface area contributed by atoms with Crippen LogP contribution in [0.5, 0.6) is 0 Å². The molecular weight excluding hydrogens is 233 g/mol. The van der Waals surface area contributed by atoms with Crippen molar-refractivity contribution in [3.05, 3.63) is 23.8 Å². The van der Waals surface area contributed by atoms with Gasteiger partial charge in [0.15, 0.2) is 0 Å². The highest BCUT2D eigenvalue weighted by Gasteiger charge is 2.32. The number of nitrogens with one attached hydrogen (secondary N) is 1. The number of halogens is 3. The Balaban J connectivity index is 2.47. The van der Waals surface area contributed by atoms with Crippen molar-refractivity contribution in [3.8, 4) is 0 Å². The highest BCUT2D eigenvalue weighted by molar-refractivity contribution is 5.96. The molecule has 0 saturated carbocycles. The van der Waals surface area contributed by atoms with Gasteiger partial charge in [0.2, 0.25) is 5.91 Å². The minimum atomic E-state index is -4.37. The summed E-state index contributed by atoms with van der Waals surface area (Å²) in [5.74, 6) is -0.185. The summed E-state index contributed by atoms with van der Waals surface area (Å²) in [5, 5.41) is 2.58. The molecule has 0 spiro atoms. The average Bonchev–Trinajstić information content (AvgIpc) is 2.37. The van der Waals surface area contributed by atoms with Crippen molar-refractivity contribution in [1.29, 1.82) is 0 Å². The van der Waals surface area contributed by atoms with Crippen molar-refractivity contribution in [2.45, 2.75) is 12.6 Å². The van der Waals surface area contributed by atoms with Crippen LogP contribution in [0.25, 0.3) is 0 Å². The lowest BCUT2D eigenvalue weighted by molar-refractivity contribution is -0.137. The molecule has 1 N–H and O–H groups in total. The molecule has 1 aromatic rings. The maximum absolute atomic E-state index is 12.6. The van der Waals surface area contributed by atoms with Gasteiger partial charge in [0.1, 0.15) is 0 Å². The van der Waals surface area contributed by atoms with Crippen LogP contribution in [-0.4, -0.2) is 19.5 Å². The third kappa shape index (κ3) is 2.35. The molecule has 0 aromatic heterocycles. The number of carbonyl (C=O) groups is 1. The number of benzene rings is 1. The highest BCUT2D eigenvalue weighted by atomic mass is 19.4. The second-order valence-corrected chi connectivity index (χ2v) is 3.95. The number of anilines is 2. The van der Waals surface area contributed by atoms with E-state index in [1.807, 2.05) is 0 Å². The van der Waals surface area contributed by atoms with Gasteiger partial charge in [0.05, 0.1) is 16.9 Å². The average molecular weight is 244 g/mol. The van der Waals surface area contributed by atoms with E-state index in [1.165, 1.54) is 6.07 Å². The molecule has 3 nitrogen and oxygen atoms in total. The Hall–Kier alpha value is -1.72. The molecule has 1 aliphatic heterocycles. The van der Waals surface area contributed by atoms with Gasteiger partial charge < -0.3 is 10.2 Å². The van der Waals surface area contributed by atoms with E-state index in [0.29, 0.717) is 17.9 Å². The van der Waals surface area contributed by atoms with Crippen LogP contribution in [0.1, 0.15) is 12.0 Å². The summed E-state index contributed by atoms with van der Waals surface area (Å²) in [6.07, 6.45) is -4.10. The molecule has 17 heavy (non-hydrogen) atoms. The van der Waals surface area contributed by atoms with Crippen LogP contribution in [0, 0.1) is 0 Å². The first-order chi connectivity index (χ1) is 7.88. The smallest absolute Gasteiger partial charge is 0.372 e. The molecule has 1 amide bonds. The van der Waals surface area contributed by atoms with E-state index >= 15 is 0 Å². The van der Waals surface area contributed by atoms with E-state index in [-0.39, 0.29) is 12.3 Å². The van der Waals surface area contributed by atoms with Crippen LogP contribution in [0.2, 0.25) is 0 Å². The maximum Gasteiger partial charge on any atom is 0.416 e. The highest BCUT2D eigenvalue weighted by Crippen LogP contribution is 2.36. The summed E-state index contributed by atoms with van der Waals surface area (Å²) in [7, 11) is 1.67. The van der Waals surface area contributed by atoms with Gasteiger partial charge in [-0.05, 0) is 18.2 Å². The topological polar surface area (TPSA) is 32.3 Å². The minimum Gasteiger partial charge on any atom is -0.372 e. The fraction of sp³-hybridized carbons (Fsp3) is 0.364. The second-order valence-electron chi connectivity index (χ2n) is 3.95. The van der Waals surface area contributed by atoms with Crippen molar-refractivity contribution >= 4 is 17.3 Å². The van der Waals surface area contributed by atoms with Gasteiger partial charge >= 0.3 is 6.18 Å². The van der Waals surface area contributed by atoms with E-state index in [0.717, 1.165) is 12.1 Å². The van der Waals surface area contributed by atoms with E-state index in [2.05, 4.69) is 5.32 Å². The van der Waals surface area contributed by atoms with E-state index in [9.17, 15) is 18.0 Å². The van der Waals surface area contributed by atoms with Gasteiger partial charge in [-0.25, -0.2) is 0 Å². The van der Waals surface area contributed by atoms with Crippen molar-refractivity contribution in [2.24, 2.45) is 0 Å². The number of rotatable bonds is 0. The Morgan fingerprint density at radius 2 is 2.06 bits per heavy atom. The summed E-state index contributed by atoms with van der Waals surface area (Å²) >= 11 is 0. The largest absolute Gasteiger partial charge is 0.416 e. The SMILES string of the molecule is CN1CCC(=O)Nc2ccc(C(F)(F)F)cc21. The molecule has 2 rings (SSSR count). The predicted molar refractivity (Wildman–Crippen MR) is 58.0 cm³/mol. The van der Waals surface area contributed by atoms with E-state index < -0.39 is 11.7 Å². The normalized spacial score (nSPS) is 16.2. The standard InChI is InChI=1S/C11H11F3N2O/c1-16-5-4-10(17)15-8-3-2-7(6-9(8)16)11(12,13)14/h2-3,6H,4-5H2,1H3,(H,15,17). The first-order valence-corrected chi connectivity index (χ1v) is 5.10. The van der Waals surface area contributed by atoms with Gasteiger partial charge in [0, 0.05) is 20.0 Å². The maximum atomic E-state index is 12.6. The number of carbonyl (C=O) groups excluding carboxylic acids is 1. The molecule has 0 aliphatic carbocycles. The third-order valence-electron chi connectivity index (χ3n) is 2.68. The zero-order valence-electron chi connectivity index (χ0n) is 9.14. The molecule has 0 radical (unpaired) electrons. The minimum absolute atomic E-state index is 0.185. The lowest BCUT2D eigenvalue weighted by Gasteiger charge is -2.19. The lowest BCUT2D eigenvalue weighted by Crippen LogP contribution is -2.19. The molecule has 0 fully saturated rings. The summed E-state index contributed by atoms with van der Waals surface area (Å²) < 4.78 is 37.7. The number of nitrogens with zero attached hydrogens (tertiary/aromatic N) is 1. The Bertz CT molecular complexity index is 457. The Morgan fingerprint density at radius 1 is 1.35 bits per heavy atom. The lowest BCUT2D eigenvalue weighted by atomic mass is 10.1. The first-order valence-electron chi connectivity index (χ1n) is 5.10. The molecule has 0 atom stereocenters. The zero-order valence-corrected chi connectivity index (χ0v) is 9.14. The molecule has 1 heterocycles. The number of fused-ring (bicyclic) bond motifs is 1. The number of alkyl halides is 3. The van der Waals surface area contributed by atoms with Crippen LogP contribution >= 0.6 is 0 Å². The molecule has 92 valence electrons. The summed E-state index contributed by atoms with van der Waals surface area (Å²) in [5.41, 5.74) is 0.105. The van der Waals surface area contributed by atoms with Gasteiger partial charge in [0.25, 0.3) is 0 Å². The Kier molecular flexibility index (Phi) is 2.73. The summed E-state index contributed by atoms with van der Waals surface area (Å²) in [6.45, 7) is 0.403. The predicted octanol–water partition coefficient (Wildman–Crippen LogP) is 2.48. The van der Waals surface area contributed by atoms with Crippen molar-refractivity contribution in [3.63, 3.8) is 0 Å². The number of hydrogen-bond donors (Lipinski definition) is 1. The number of amides is 1. The van der Waals surface area contributed by atoms with Gasteiger partial charge in [-0.3, -0.25) is 4.79 Å². The van der Waals surface area contributed by atoms with Crippen molar-refractivity contribution in [2.75, 3.05) is 23.8 Å². The van der Waals surface area contributed by atoms with Gasteiger partial charge in [-0.15, -0.1) is 0 Å². The molecule has 1 aromatic carbocycles. The summed E-state index contributed by atoms with van der Waals surface area (Å²) in [4.78, 5) is 13.0. The van der Waals surface area contributed by atoms with Crippen LogP contribution in [0.3, 0.4) is 0 Å². The van der Waals surface area contributed by atoms with Crippen LogP contribution in [0.15, 0.2) is 18.2 Å². The molecule has 0 bridgehead atoms. The van der Waals surface area contributed by atoms with Gasteiger partial charge in [-0.1, -0.05) is 0 Å². The fourth-order valence-electron chi connectivity index (χ4n) is 1.73. The fourth-order valence-corrected chi connectivity index (χ4v) is 1.73. The molecule has 6 heteroatoms. The molecule has 1 aliphatic rings. The van der Waals surface area contributed by atoms with Crippen molar-refractivity contribution in [1.82, 2.24) is 0 Å². The van der Waals surface area contributed by atoms with Crippen LogP contribution < -0.4 is 10.2 Å². The molecule has 0 unspecified atom stereocenters.